The van der Waals surface area contributed by atoms with Gasteiger partial charge in [-0.1, -0.05) is 12.2 Å². The quantitative estimate of drug-likeness (QED) is 0.768. The molecule has 3 rings (SSSR count). The van der Waals surface area contributed by atoms with Crippen LogP contribution in [0.2, 0.25) is 0 Å². The van der Waals surface area contributed by atoms with E-state index in [2.05, 4.69) is 27.1 Å². The van der Waals surface area contributed by atoms with Crippen LogP contribution in [0.5, 0.6) is 0 Å². The van der Waals surface area contributed by atoms with E-state index in [9.17, 15) is 5.11 Å². The number of aliphatic hydroxyl groups excluding tert-OH is 1. The molecule has 2 heterocycles. The zero-order valence-corrected chi connectivity index (χ0v) is 8.69. The number of hydrogen-bond acceptors (Lipinski definition) is 4. The van der Waals surface area contributed by atoms with Gasteiger partial charge in [-0.2, -0.15) is 0 Å². The Morgan fingerprint density at radius 2 is 2.38 bits per heavy atom. The fourth-order valence-electron chi connectivity index (χ4n) is 2.09. The third-order valence-electron chi connectivity index (χ3n) is 2.96. The summed E-state index contributed by atoms with van der Waals surface area (Å²) in [5.41, 5.74) is 1.39. The monoisotopic (exact) mass is 216 g/mol. The number of nitrogens with zero attached hydrogens (tertiary/aromatic N) is 4. The average Bonchev–Trinajstić information content (AvgIpc) is 2.98. The fraction of sp³-hybridized carbons (Fsp3) is 0.364. The van der Waals surface area contributed by atoms with Gasteiger partial charge in [-0.3, -0.25) is 4.57 Å². The summed E-state index contributed by atoms with van der Waals surface area (Å²) in [6, 6.07) is 0. The highest BCUT2D eigenvalue weighted by atomic mass is 16.3. The molecule has 0 aromatic carbocycles. The molecule has 0 saturated carbocycles. The van der Waals surface area contributed by atoms with Gasteiger partial charge in [0, 0.05) is 5.92 Å². The van der Waals surface area contributed by atoms with Gasteiger partial charge in [-0.05, 0) is 12.8 Å². The second-order valence-electron chi connectivity index (χ2n) is 3.97. The van der Waals surface area contributed by atoms with E-state index in [4.69, 9.17) is 0 Å². The molecule has 1 N–H and O–H groups in total. The molecule has 0 radical (unpaired) electrons. The molecular formula is C11H12N4O. The summed E-state index contributed by atoms with van der Waals surface area (Å²) in [5, 5.41) is 10.2. The van der Waals surface area contributed by atoms with Crippen molar-refractivity contribution < 1.29 is 5.11 Å². The summed E-state index contributed by atoms with van der Waals surface area (Å²) >= 11 is 0. The summed E-state index contributed by atoms with van der Waals surface area (Å²) in [5.74, 6) is 0.160. The van der Waals surface area contributed by atoms with Crippen LogP contribution in [0.25, 0.3) is 11.2 Å². The number of rotatable bonds is 2. The van der Waals surface area contributed by atoms with Gasteiger partial charge in [0.1, 0.15) is 18.1 Å². The predicted octanol–water partition coefficient (Wildman–Crippen LogP) is 1.28. The van der Waals surface area contributed by atoms with Crippen molar-refractivity contribution in [3.63, 3.8) is 0 Å². The van der Waals surface area contributed by atoms with E-state index in [1.54, 1.807) is 17.1 Å². The Labute approximate surface area is 92.5 Å². The van der Waals surface area contributed by atoms with Gasteiger partial charge in [-0.15, -0.1) is 0 Å². The molecule has 0 bridgehead atoms. The first-order valence-electron chi connectivity index (χ1n) is 5.33. The molecule has 2 aromatic heterocycles. The van der Waals surface area contributed by atoms with Gasteiger partial charge < -0.3 is 5.11 Å². The highest BCUT2D eigenvalue weighted by Gasteiger charge is 2.22. The van der Waals surface area contributed by atoms with Crippen molar-refractivity contribution in [2.24, 2.45) is 5.92 Å². The first kappa shape index (κ1) is 9.47. The van der Waals surface area contributed by atoms with Crippen LogP contribution in [0, 0.1) is 5.92 Å². The highest BCUT2D eigenvalue weighted by molar-refractivity contribution is 5.68. The molecular weight excluding hydrogens is 204 g/mol. The van der Waals surface area contributed by atoms with Gasteiger partial charge in [-0.25, -0.2) is 15.0 Å². The molecule has 1 aliphatic carbocycles. The normalized spacial score (nSPS) is 21.7. The Hall–Kier alpha value is -1.75. The van der Waals surface area contributed by atoms with E-state index in [1.165, 1.54) is 6.33 Å². The summed E-state index contributed by atoms with van der Waals surface area (Å²) in [7, 11) is 0. The Bertz CT molecular complexity index is 534. The molecule has 1 aliphatic rings. The van der Waals surface area contributed by atoms with Gasteiger partial charge >= 0.3 is 0 Å². The van der Waals surface area contributed by atoms with Gasteiger partial charge in [0.05, 0.1) is 12.5 Å². The molecule has 5 heteroatoms. The number of hydrogen-bond donors (Lipinski definition) is 1. The van der Waals surface area contributed by atoms with E-state index in [0.717, 1.165) is 12.8 Å². The van der Waals surface area contributed by atoms with E-state index >= 15 is 0 Å². The number of imidazole rings is 1. The summed E-state index contributed by atoms with van der Waals surface area (Å²) < 4.78 is 1.71. The Balaban J connectivity index is 2.01. The Kier molecular flexibility index (Phi) is 2.18. The lowest BCUT2D eigenvalue weighted by Gasteiger charge is -2.17. The third-order valence-corrected chi connectivity index (χ3v) is 2.96. The Morgan fingerprint density at radius 1 is 1.44 bits per heavy atom. The minimum atomic E-state index is -0.585. The number of aromatic nitrogens is 4. The van der Waals surface area contributed by atoms with E-state index in [0.29, 0.717) is 11.2 Å². The number of aliphatic hydroxyl groups is 1. The van der Waals surface area contributed by atoms with Crippen LogP contribution in [0.3, 0.4) is 0 Å². The topological polar surface area (TPSA) is 63.8 Å². The highest BCUT2D eigenvalue weighted by Crippen LogP contribution is 2.28. The van der Waals surface area contributed by atoms with E-state index in [-0.39, 0.29) is 5.92 Å². The maximum atomic E-state index is 10.2. The molecule has 0 fully saturated rings. The van der Waals surface area contributed by atoms with Crippen LogP contribution in [0.4, 0.5) is 0 Å². The van der Waals surface area contributed by atoms with Gasteiger partial charge in [0.25, 0.3) is 0 Å². The molecule has 5 nitrogen and oxygen atoms in total. The maximum Gasteiger partial charge on any atom is 0.165 e. The van der Waals surface area contributed by atoms with Crippen LogP contribution in [-0.4, -0.2) is 24.6 Å². The van der Waals surface area contributed by atoms with Crippen molar-refractivity contribution in [1.29, 1.82) is 0 Å². The Morgan fingerprint density at radius 3 is 3.19 bits per heavy atom. The molecule has 0 amide bonds. The van der Waals surface area contributed by atoms with Crippen molar-refractivity contribution in [2.75, 3.05) is 0 Å². The lowest BCUT2D eigenvalue weighted by Crippen LogP contribution is -2.15. The fourth-order valence-corrected chi connectivity index (χ4v) is 2.09. The second kappa shape index (κ2) is 3.68. The minimum absolute atomic E-state index is 0.160. The summed E-state index contributed by atoms with van der Waals surface area (Å²) in [6.45, 7) is 0. The van der Waals surface area contributed by atoms with Crippen molar-refractivity contribution in [3.8, 4) is 0 Å². The lowest BCUT2D eigenvalue weighted by atomic mass is 10.1. The first-order chi connectivity index (χ1) is 7.86. The number of allylic oxidation sites excluding steroid dienone is 1. The molecule has 0 aliphatic heterocycles. The molecule has 0 spiro atoms. The van der Waals surface area contributed by atoms with Gasteiger partial charge in [0.15, 0.2) is 5.65 Å². The van der Waals surface area contributed by atoms with Crippen LogP contribution >= 0.6 is 0 Å². The summed E-state index contributed by atoms with van der Waals surface area (Å²) in [4.78, 5) is 12.2. The summed E-state index contributed by atoms with van der Waals surface area (Å²) in [6.07, 6.45) is 10.3. The van der Waals surface area contributed by atoms with Crippen LogP contribution < -0.4 is 0 Å². The van der Waals surface area contributed by atoms with Crippen molar-refractivity contribution in [1.82, 2.24) is 19.5 Å². The molecule has 0 saturated heterocycles. The SMILES string of the molecule is OC(C1C=CCC1)n1cnc2cncnc21. The molecule has 2 aromatic rings. The second-order valence-corrected chi connectivity index (χ2v) is 3.97. The zero-order chi connectivity index (χ0) is 11.0. The third kappa shape index (κ3) is 1.40. The first-order valence-corrected chi connectivity index (χ1v) is 5.33. The zero-order valence-electron chi connectivity index (χ0n) is 8.69. The number of fused-ring (bicyclic) bond motifs is 1. The van der Waals surface area contributed by atoms with Crippen LogP contribution in [-0.2, 0) is 0 Å². The van der Waals surface area contributed by atoms with Crippen molar-refractivity contribution >= 4 is 11.2 Å². The van der Waals surface area contributed by atoms with Crippen LogP contribution in [0.1, 0.15) is 19.1 Å². The smallest absolute Gasteiger partial charge is 0.165 e. The minimum Gasteiger partial charge on any atom is -0.373 e. The molecule has 82 valence electrons. The van der Waals surface area contributed by atoms with Crippen molar-refractivity contribution in [3.05, 3.63) is 31.0 Å². The average molecular weight is 216 g/mol. The standard InChI is InChI=1S/C11H12N4O/c16-11(8-3-1-2-4-8)15-7-14-9-5-12-6-13-10(9)15/h1,3,5-8,11,16H,2,4H2. The van der Waals surface area contributed by atoms with Crippen LogP contribution in [0.15, 0.2) is 31.0 Å². The van der Waals surface area contributed by atoms with E-state index in [1.807, 2.05) is 0 Å². The largest absolute Gasteiger partial charge is 0.373 e. The molecule has 16 heavy (non-hydrogen) atoms. The lowest BCUT2D eigenvalue weighted by molar-refractivity contribution is 0.0642. The van der Waals surface area contributed by atoms with Crippen molar-refractivity contribution in [2.45, 2.75) is 19.1 Å². The predicted molar refractivity (Wildman–Crippen MR) is 58.4 cm³/mol. The van der Waals surface area contributed by atoms with E-state index < -0.39 is 6.23 Å². The van der Waals surface area contributed by atoms with Gasteiger partial charge in [0.2, 0.25) is 0 Å². The molecule has 2 atom stereocenters. The maximum absolute atomic E-state index is 10.2. The molecule has 2 unspecified atom stereocenters.